The number of benzene rings is 1. The Hall–Kier alpha value is -2.11. The van der Waals surface area contributed by atoms with E-state index in [-0.39, 0.29) is 11.6 Å². The topological polar surface area (TPSA) is 92.5 Å². The molecule has 0 aliphatic carbocycles. The van der Waals surface area contributed by atoms with Gasteiger partial charge in [0.05, 0.1) is 4.92 Å². The van der Waals surface area contributed by atoms with Crippen LogP contribution < -0.4 is 5.32 Å². The smallest absolute Gasteiger partial charge is 0.326 e. The zero-order valence-corrected chi connectivity index (χ0v) is 9.58. The second kappa shape index (κ2) is 5.29. The van der Waals surface area contributed by atoms with E-state index in [4.69, 9.17) is 5.11 Å². The Kier molecular flexibility index (Phi) is 4.03. The van der Waals surface area contributed by atoms with Gasteiger partial charge in [0.15, 0.2) is 0 Å². The molecular weight excluding hydrogens is 224 g/mol. The molecule has 0 unspecified atom stereocenters. The van der Waals surface area contributed by atoms with E-state index in [1.807, 2.05) is 0 Å². The third kappa shape index (κ3) is 3.44. The first-order valence-electron chi connectivity index (χ1n) is 5.15. The summed E-state index contributed by atoms with van der Waals surface area (Å²) in [6.45, 7) is 3.53. The highest BCUT2D eigenvalue weighted by atomic mass is 16.6. The van der Waals surface area contributed by atoms with Crippen molar-refractivity contribution in [3.63, 3.8) is 0 Å². The molecular formula is C11H14N2O4. The summed E-state index contributed by atoms with van der Waals surface area (Å²) in [4.78, 5) is 21.0. The maximum absolute atomic E-state index is 11.0. The number of carboxylic acid groups (broad SMARTS) is 1. The maximum Gasteiger partial charge on any atom is 0.326 e. The number of nitro benzene ring substituents is 1. The number of hydrogen-bond donors (Lipinski definition) is 2. The number of nitrogens with zero attached hydrogens (tertiary/aromatic N) is 1. The lowest BCUT2D eigenvalue weighted by Crippen LogP contribution is -2.34. The van der Waals surface area contributed by atoms with Gasteiger partial charge in [-0.15, -0.1) is 0 Å². The summed E-state index contributed by atoms with van der Waals surface area (Å²) in [5.74, 6) is -1.10. The molecule has 6 nitrogen and oxygen atoms in total. The molecule has 6 heteroatoms. The van der Waals surface area contributed by atoms with Gasteiger partial charge in [-0.05, 0) is 12.0 Å². The second-order valence-corrected chi connectivity index (χ2v) is 4.01. The van der Waals surface area contributed by atoms with Gasteiger partial charge in [0.2, 0.25) is 0 Å². The Morgan fingerprint density at radius 3 is 2.59 bits per heavy atom. The summed E-state index contributed by atoms with van der Waals surface area (Å²) < 4.78 is 0. The van der Waals surface area contributed by atoms with Crippen LogP contribution in [0.5, 0.6) is 0 Å². The molecule has 0 aliphatic heterocycles. The van der Waals surface area contributed by atoms with Crippen LogP contribution in [0.25, 0.3) is 0 Å². The lowest BCUT2D eigenvalue weighted by molar-refractivity contribution is -0.384. The van der Waals surface area contributed by atoms with Crippen molar-refractivity contribution in [1.82, 2.24) is 0 Å². The molecule has 0 heterocycles. The lowest BCUT2D eigenvalue weighted by atomic mass is 10.0. The summed E-state index contributed by atoms with van der Waals surface area (Å²) in [6, 6.07) is 5.02. The van der Waals surface area contributed by atoms with E-state index in [9.17, 15) is 14.9 Å². The second-order valence-electron chi connectivity index (χ2n) is 4.01. The van der Waals surface area contributed by atoms with E-state index in [2.05, 4.69) is 5.32 Å². The fourth-order valence-electron chi connectivity index (χ4n) is 1.40. The van der Waals surface area contributed by atoms with Crippen molar-refractivity contribution in [2.45, 2.75) is 19.9 Å². The van der Waals surface area contributed by atoms with Crippen molar-refractivity contribution in [2.24, 2.45) is 5.92 Å². The molecule has 0 bridgehead atoms. The molecule has 0 aromatic heterocycles. The predicted octanol–water partition coefficient (Wildman–Crippen LogP) is 2.12. The van der Waals surface area contributed by atoms with Crippen LogP contribution in [0.15, 0.2) is 24.3 Å². The fourth-order valence-corrected chi connectivity index (χ4v) is 1.40. The normalized spacial score (nSPS) is 12.2. The Bertz CT molecular complexity index is 431. The zero-order valence-electron chi connectivity index (χ0n) is 9.58. The number of nitro groups is 1. The zero-order chi connectivity index (χ0) is 13.0. The van der Waals surface area contributed by atoms with Crippen molar-refractivity contribution in [1.29, 1.82) is 0 Å². The van der Waals surface area contributed by atoms with Gasteiger partial charge in [0, 0.05) is 17.8 Å². The van der Waals surface area contributed by atoms with E-state index in [0.717, 1.165) is 0 Å². The third-order valence-corrected chi connectivity index (χ3v) is 2.31. The van der Waals surface area contributed by atoms with Crippen molar-refractivity contribution >= 4 is 17.3 Å². The van der Waals surface area contributed by atoms with Gasteiger partial charge in [-0.25, -0.2) is 4.79 Å². The Balaban J connectivity index is 2.90. The molecule has 0 amide bonds. The summed E-state index contributed by atoms with van der Waals surface area (Å²) in [7, 11) is 0. The average molecular weight is 238 g/mol. The molecule has 0 radical (unpaired) electrons. The fraction of sp³-hybridized carbons (Fsp3) is 0.364. The van der Waals surface area contributed by atoms with Crippen molar-refractivity contribution in [3.8, 4) is 0 Å². The molecule has 1 aromatic carbocycles. The highest BCUT2D eigenvalue weighted by Crippen LogP contribution is 2.19. The minimum atomic E-state index is -0.980. The summed E-state index contributed by atoms with van der Waals surface area (Å²) in [6.07, 6.45) is 0. The van der Waals surface area contributed by atoms with Gasteiger partial charge < -0.3 is 10.4 Å². The summed E-state index contributed by atoms with van der Waals surface area (Å²) >= 11 is 0. The number of nitrogens with one attached hydrogen (secondary N) is 1. The van der Waals surface area contributed by atoms with Gasteiger partial charge in [-0.3, -0.25) is 10.1 Å². The van der Waals surface area contributed by atoms with Crippen LogP contribution in [0.3, 0.4) is 0 Å². The van der Waals surface area contributed by atoms with Crippen LogP contribution in [0.2, 0.25) is 0 Å². The molecule has 1 aromatic rings. The standard InChI is InChI=1S/C11H14N2O4/c1-7(2)10(11(14)15)12-8-4-3-5-9(6-8)13(16)17/h3-7,10,12H,1-2H3,(H,14,15)/t10-/m0/s1. The molecule has 0 spiro atoms. The molecule has 92 valence electrons. The number of anilines is 1. The van der Waals surface area contributed by atoms with Crippen molar-refractivity contribution in [3.05, 3.63) is 34.4 Å². The number of aliphatic carboxylic acids is 1. The molecule has 1 atom stereocenters. The Morgan fingerprint density at radius 1 is 1.47 bits per heavy atom. The minimum Gasteiger partial charge on any atom is -0.480 e. The number of carbonyl (C=O) groups is 1. The molecule has 2 N–H and O–H groups in total. The van der Waals surface area contributed by atoms with Crippen LogP contribution in [0, 0.1) is 16.0 Å². The molecule has 1 rings (SSSR count). The van der Waals surface area contributed by atoms with Gasteiger partial charge >= 0.3 is 5.97 Å². The van der Waals surface area contributed by atoms with Crippen LogP contribution in [-0.2, 0) is 4.79 Å². The first kappa shape index (κ1) is 13.0. The molecule has 0 fully saturated rings. The van der Waals surface area contributed by atoms with Gasteiger partial charge in [-0.2, -0.15) is 0 Å². The monoisotopic (exact) mass is 238 g/mol. The maximum atomic E-state index is 11.0. The van der Waals surface area contributed by atoms with E-state index < -0.39 is 16.9 Å². The number of rotatable bonds is 5. The number of non-ortho nitro benzene ring substituents is 1. The highest BCUT2D eigenvalue weighted by molar-refractivity contribution is 5.77. The summed E-state index contributed by atoms with van der Waals surface area (Å²) in [5, 5.41) is 22.3. The first-order chi connectivity index (χ1) is 7.91. The number of carboxylic acids is 1. The van der Waals surface area contributed by atoms with E-state index in [0.29, 0.717) is 5.69 Å². The Morgan fingerprint density at radius 2 is 2.12 bits per heavy atom. The van der Waals surface area contributed by atoms with E-state index in [1.54, 1.807) is 19.9 Å². The Labute approximate surface area is 98.4 Å². The average Bonchev–Trinajstić information content (AvgIpc) is 2.25. The van der Waals surface area contributed by atoms with Gasteiger partial charge in [0.25, 0.3) is 5.69 Å². The molecule has 0 saturated carbocycles. The van der Waals surface area contributed by atoms with Crippen LogP contribution >= 0.6 is 0 Å². The van der Waals surface area contributed by atoms with Crippen molar-refractivity contribution < 1.29 is 14.8 Å². The third-order valence-electron chi connectivity index (χ3n) is 2.31. The molecule has 17 heavy (non-hydrogen) atoms. The van der Waals surface area contributed by atoms with E-state index in [1.165, 1.54) is 18.2 Å². The van der Waals surface area contributed by atoms with Gasteiger partial charge in [0.1, 0.15) is 6.04 Å². The van der Waals surface area contributed by atoms with Crippen LogP contribution in [-0.4, -0.2) is 22.0 Å². The number of hydrogen-bond acceptors (Lipinski definition) is 4. The SMILES string of the molecule is CC(C)[C@H](Nc1cccc([N+](=O)[O-])c1)C(=O)O. The van der Waals surface area contributed by atoms with Crippen LogP contribution in [0.4, 0.5) is 11.4 Å². The van der Waals surface area contributed by atoms with Crippen molar-refractivity contribution in [2.75, 3.05) is 5.32 Å². The quantitative estimate of drug-likeness (QED) is 0.605. The predicted molar refractivity (Wildman–Crippen MR) is 63.0 cm³/mol. The summed E-state index contributed by atoms with van der Waals surface area (Å²) in [5.41, 5.74) is 0.364. The first-order valence-corrected chi connectivity index (χ1v) is 5.15. The molecule has 0 aliphatic rings. The molecule has 0 saturated heterocycles. The minimum absolute atomic E-state index is 0.0668. The van der Waals surface area contributed by atoms with E-state index >= 15 is 0 Å². The highest BCUT2D eigenvalue weighted by Gasteiger charge is 2.21. The van der Waals surface area contributed by atoms with Crippen LogP contribution in [0.1, 0.15) is 13.8 Å². The lowest BCUT2D eigenvalue weighted by Gasteiger charge is -2.18. The largest absolute Gasteiger partial charge is 0.480 e. The van der Waals surface area contributed by atoms with Gasteiger partial charge in [-0.1, -0.05) is 19.9 Å².